The van der Waals surface area contributed by atoms with E-state index in [1.807, 2.05) is 50.2 Å². The number of nitrogens with zero attached hydrogens (tertiary/aromatic N) is 3. The number of para-hydroxylation sites is 1. The van der Waals surface area contributed by atoms with E-state index in [-0.39, 0.29) is 17.3 Å². The van der Waals surface area contributed by atoms with Crippen LogP contribution in [0.15, 0.2) is 70.7 Å². The number of carbonyl (C=O) groups excluding carboxylic acids is 1. The van der Waals surface area contributed by atoms with Gasteiger partial charge in [-0.2, -0.15) is 5.10 Å². The summed E-state index contributed by atoms with van der Waals surface area (Å²) in [5.41, 5.74) is 6.66. The summed E-state index contributed by atoms with van der Waals surface area (Å²) in [5.74, 6) is -0.0838. The maximum Gasteiger partial charge on any atom is 0.269 e. The van der Waals surface area contributed by atoms with Crippen molar-refractivity contribution in [2.24, 2.45) is 5.10 Å². The SMILES string of the molecule is Cc1cc(C=NNC(=O)CSc2ccc([N+](=O)[O-])cc2)c(C)n1-c1ccccc1. The molecule has 2 aromatic carbocycles. The zero-order valence-electron chi connectivity index (χ0n) is 16.0. The van der Waals surface area contributed by atoms with Gasteiger partial charge in [-0.05, 0) is 44.2 Å². The maximum absolute atomic E-state index is 12.0. The number of benzene rings is 2. The molecule has 1 amide bonds. The molecule has 0 unspecified atom stereocenters. The number of aromatic nitrogens is 1. The van der Waals surface area contributed by atoms with E-state index in [1.165, 1.54) is 23.9 Å². The van der Waals surface area contributed by atoms with Crippen LogP contribution in [0.1, 0.15) is 17.0 Å². The third-order valence-electron chi connectivity index (χ3n) is 4.30. The van der Waals surface area contributed by atoms with Crippen molar-refractivity contribution in [3.8, 4) is 5.69 Å². The first-order valence-electron chi connectivity index (χ1n) is 8.89. The molecule has 0 saturated heterocycles. The number of nitrogens with one attached hydrogen (secondary N) is 1. The molecule has 0 aliphatic heterocycles. The van der Waals surface area contributed by atoms with Crippen LogP contribution in [0.2, 0.25) is 0 Å². The summed E-state index contributed by atoms with van der Waals surface area (Å²) in [4.78, 5) is 23.0. The predicted octanol–water partition coefficient (Wildman–Crippen LogP) is 4.24. The molecule has 0 spiro atoms. The molecule has 7 nitrogen and oxygen atoms in total. The average Bonchev–Trinajstić information content (AvgIpc) is 3.00. The van der Waals surface area contributed by atoms with Crippen LogP contribution in [0.5, 0.6) is 0 Å². The predicted molar refractivity (Wildman–Crippen MR) is 115 cm³/mol. The Labute approximate surface area is 172 Å². The Balaban J connectivity index is 1.57. The summed E-state index contributed by atoms with van der Waals surface area (Å²) in [6.45, 7) is 4.03. The average molecular weight is 408 g/mol. The van der Waals surface area contributed by atoms with Gasteiger partial charge >= 0.3 is 0 Å². The van der Waals surface area contributed by atoms with Gasteiger partial charge < -0.3 is 4.57 Å². The van der Waals surface area contributed by atoms with Crippen molar-refractivity contribution in [1.82, 2.24) is 9.99 Å². The zero-order valence-corrected chi connectivity index (χ0v) is 16.8. The Morgan fingerprint density at radius 3 is 2.52 bits per heavy atom. The number of hydrazone groups is 1. The number of non-ortho nitro benzene ring substituents is 1. The van der Waals surface area contributed by atoms with Gasteiger partial charge in [-0.3, -0.25) is 14.9 Å². The lowest BCUT2D eigenvalue weighted by atomic mass is 10.2. The lowest BCUT2D eigenvalue weighted by molar-refractivity contribution is -0.384. The molecule has 1 N–H and O–H groups in total. The summed E-state index contributed by atoms with van der Waals surface area (Å²) in [6.07, 6.45) is 1.64. The maximum atomic E-state index is 12.0. The first-order chi connectivity index (χ1) is 14.0. The number of amides is 1. The Morgan fingerprint density at radius 1 is 1.17 bits per heavy atom. The second kappa shape index (κ2) is 9.20. The van der Waals surface area contributed by atoms with Crippen molar-refractivity contribution in [1.29, 1.82) is 0 Å². The molecule has 1 heterocycles. The fourth-order valence-corrected chi connectivity index (χ4v) is 3.60. The lowest BCUT2D eigenvalue weighted by Crippen LogP contribution is -2.19. The van der Waals surface area contributed by atoms with Gasteiger partial charge in [0.15, 0.2) is 0 Å². The van der Waals surface area contributed by atoms with Gasteiger partial charge in [-0.25, -0.2) is 5.43 Å². The summed E-state index contributed by atoms with van der Waals surface area (Å²) >= 11 is 1.29. The second-order valence-electron chi connectivity index (χ2n) is 6.33. The molecule has 3 rings (SSSR count). The standard InChI is InChI=1S/C21H20N4O3S/c1-15-12-17(16(2)24(15)18-6-4-3-5-7-18)13-22-23-21(26)14-29-20-10-8-19(9-11-20)25(27)28/h3-13H,14H2,1-2H3,(H,23,26). The van der Waals surface area contributed by atoms with Gasteiger partial charge in [0, 0.05) is 39.7 Å². The first-order valence-corrected chi connectivity index (χ1v) is 9.88. The largest absolute Gasteiger partial charge is 0.318 e. The highest BCUT2D eigenvalue weighted by atomic mass is 32.2. The fraction of sp³-hybridized carbons (Fsp3) is 0.143. The minimum atomic E-state index is -0.454. The molecule has 0 fully saturated rings. The summed E-state index contributed by atoms with van der Waals surface area (Å²) in [5, 5.41) is 14.7. The highest BCUT2D eigenvalue weighted by Gasteiger charge is 2.09. The molecule has 0 aliphatic rings. The molecular weight excluding hydrogens is 388 g/mol. The fourth-order valence-electron chi connectivity index (χ4n) is 2.91. The highest BCUT2D eigenvalue weighted by molar-refractivity contribution is 8.00. The van der Waals surface area contributed by atoms with Gasteiger partial charge in [0.1, 0.15) is 0 Å². The molecule has 0 bridgehead atoms. The van der Waals surface area contributed by atoms with Crippen molar-refractivity contribution in [2.75, 3.05) is 5.75 Å². The van der Waals surface area contributed by atoms with Crippen LogP contribution in [0.25, 0.3) is 5.69 Å². The van der Waals surface area contributed by atoms with E-state index in [4.69, 9.17) is 0 Å². The summed E-state index contributed by atoms with van der Waals surface area (Å²) in [7, 11) is 0. The number of hydrogen-bond acceptors (Lipinski definition) is 5. The van der Waals surface area contributed by atoms with Crippen LogP contribution in [-0.2, 0) is 4.79 Å². The van der Waals surface area contributed by atoms with Gasteiger partial charge in [-0.1, -0.05) is 18.2 Å². The monoisotopic (exact) mass is 408 g/mol. The number of carbonyl (C=O) groups is 1. The van der Waals surface area contributed by atoms with Gasteiger partial charge in [0.05, 0.1) is 16.9 Å². The van der Waals surface area contributed by atoms with E-state index in [2.05, 4.69) is 15.1 Å². The molecule has 3 aromatic rings. The molecule has 0 aliphatic carbocycles. The van der Waals surface area contributed by atoms with E-state index >= 15 is 0 Å². The van der Waals surface area contributed by atoms with E-state index in [9.17, 15) is 14.9 Å². The van der Waals surface area contributed by atoms with Crippen LogP contribution in [0.3, 0.4) is 0 Å². The minimum absolute atomic E-state index is 0.0245. The normalized spacial score (nSPS) is 11.0. The van der Waals surface area contributed by atoms with Gasteiger partial charge in [0.2, 0.25) is 5.91 Å². The molecule has 1 aromatic heterocycles. The first kappa shape index (κ1) is 20.3. The van der Waals surface area contributed by atoms with E-state index in [0.717, 1.165) is 27.5 Å². The Hall–Kier alpha value is -3.39. The number of hydrogen-bond donors (Lipinski definition) is 1. The Bertz CT molecular complexity index is 1040. The van der Waals surface area contributed by atoms with Crippen molar-refractivity contribution in [2.45, 2.75) is 18.7 Å². The summed E-state index contributed by atoms with van der Waals surface area (Å²) in [6, 6.07) is 18.1. The molecule has 8 heteroatoms. The molecule has 0 atom stereocenters. The van der Waals surface area contributed by atoms with Crippen LogP contribution in [-0.4, -0.2) is 27.4 Å². The third-order valence-corrected chi connectivity index (χ3v) is 5.31. The lowest BCUT2D eigenvalue weighted by Gasteiger charge is -2.08. The van der Waals surface area contributed by atoms with Crippen molar-refractivity contribution in [3.05, 3.63) is 87.7 Å². The smallest absolute Gasteiger partial charge is 0.269 e. The Morgan fingerprint density at radius 2 is 1.86 bits per heavy atom. The van der Waals surface area contributed by atoms with Gasteiger partial charge in [-0.15, -0.1) is 11.8 Å². The van der Waals surface area contributed by atoms with Crippen LogP contribution >= 0.6 is 11.8 Å². The van der Waals surface area contributed by atoms with E-state index in [1.54, 1.807) is 18.3 Å². The molecule has 0 radical (unpaired) electrons. The summed E-state index contributed by atoms with van der Waals surface area (Å²) < 4.78 is 2.13. The number of nitro groups is 1. The van der Waals surface area contributed by atoms with Crippen LogP contribution < -0.4 is 5.43 Å². The second-order valence-corrected chi connectivity index (χ2v) is 7.38. The number of nitro benzene ring substituents is 1. The number of rotatable bonds is 7. The molecule has 0 saturated carbocycles. The number of aryl methyl sites for hydroxylation is 1. The molecule has 29 heavy (non-hydrogen) atoms. The van der Waals surface area contributed by atoms with Crippen LogP contribution in [0, 0.1) is 24.0 Å². The minimum Gasteiger partial charge on any atom is -0.318 e. The van der Waals surface area contributed by atoms with Gasteiger partial charge in [0.25, 0.3) is 5.69 Å². The molecular formula is C21H20N4O3S. The number of thioether (sulfide) groups is 1. The van der Waals surface area contributed by atoms with Crippen molar-refractivity contribution in [3.63, 3.8) is 0 Å². The third kappa shape index (κ3) is 5.11. The molecule has 148 valence electrons. The van der Waals surface area contributed by atoms with E-state index in [0.29, 0.717) is 0 Å². The quantitative estimate of drug-likeness (QED) is 0.274. The zero-order chi connectivity index (χ0) is 20.8. The Kier molecular flexibility index (Phi) is 6.46. The van der Waals surface area contributed by atoms with Crippen molar-refractivity contribution < 1.29 is 9.72 Å². The highest BCUT2D eigenvalue weighted by Crippen LogP contribution is 2.21. The van der Waals surface area contributed by atoms with E-state index < -0.39 is 4.92 Å². The topological polar surface area (TPSA) is 89.5 Å². The van der Waals surface area contributed by atoms with Crippen molar-refractivity contribution >= 4 is 29.6 Å². The van der Waals surface area contributed by atoms with Crippen LogP contribution in [0.4, 0.5) is 5.69 Å².